The molecule has 0 bridgehead atoms. The number of rotatable bonds is 7. The number of nitrogens with zero attached hydrogens (tertiary/aromatic N) is 5. The van der Waals surface area contributed by atoms with Crippen LogP contribution in [0.2, 0.25) is 0 Å². The predicted octanol–water partition coefficient (Wildman–Crippen LogP) is 3.40. The second-order valence-electron chi connectivity index (χ2n) is 10.9. The van der Waals surface area contributed by atoms with E-state index in [2.05, 4.69) is 34.1 Å². The monoisotopic (exact) mass is 520 g/mol. The minimum atomic E-state index is -0.199. The first-order valence-electron chi connectivity index (χ1n) is 14.0. The second kappa shape index (κ2) is 11.3. The molecule has 1 atom stereocenters. The summed E-state index contributed by atoms with van der Waals surface area (Å²) >= 11 is 0. The first-order valence-corrected chi connectivity index (χ1v) is 14.0. The molecule has 1 aliphatic carbocycles. The van der Waals surface area contributed by atoms with Crippen LogP contribution in [0.5, 0.6) is 5.75 Å². The lowest BCUT2D eigenvalue weighted by molar-refractivity contribution is -0.120. The highest BCUT2D eigenvalue weighted by Gasteiger charge is 2.41. The van der Waals surface area contributed by atoms with Crippen molar-refractivity contribution in [1.29, 1.82) is 0 Å². The number of carbonyl (C=O) groups is 2. The fraction of sp³-hybridized carbons (Fsp3) is 0.586. The molecule has 9 heteroatoms. The van der Waals surface area contributed by atoms with Gasteiger partial charge in [0.15, 0.2) is 5.82 Å². The summed E-state index contributed by atoms with van der Waals surface area (Å²) in [4.78, 5) is 42.0. The van der Waals surface area contributed by atoms with Gasteiger partial charge in [0, 0.05) is 36.7 Å². The number of likely N-dealkylation sites (N-methyl/N-ethyl adjacent to an activating group) is 1. The highest BCUT2D eigenvalue weighted by atomic mass is 16.5. The standard InChI is InChI=1S/C29H40N6O3/c1-5-23-29(37)34(3)24-18-30-26(32-27(24)35(23)22-8-6-7-9-22)17-19-10-11-20(16-25(19)38-4)28(36)31-21-12-14-33(2)15-13-21/h10-11,16,18,21-23H,5-9,12-15,17H2,1-4H3,(H,31,36)/t23-/m0/s1. The molecule has 3 aliphatic rings. The van der Waals surface area contributed by atoms with Crippen LogP contribution in [0.3, 0.4) is 0 Å². The van der Waals surface area contributed by atoms with Crippen molar-refractivity contribution in [2.45, 2.75) is 76.4 Å². The van der Waals surface area contributed by atoms with Crippen LogP contribution >= 0.6 is 0 Å². The first-order chi connectivity index (χ1) is 18.4. The topological polar surface area (TPSA) is 90.9 Å². The van der Waals surface area contributed by atoms with Gasteiger partial charge in [-0.2, -0.15) is 0 Å². The van der Waals surface area contributed by atoms with E-state index in [1.807, 2.05) is 25.2 Å². The van der Waals surface area contributed by atoms with Crippen molar-refractivity contribution in [3.63, 3.8) is 0 Å². The Morgan fingerprint density at radius 1 is 1.13 bits per heavy atom. The van der Waals surface area contributed by atoms with E-state index in [4.69, 9.17) is 9.72 Å². The number of anilines is 2. The van der Waals surface area contributed by atoms with E-state index in [1.165, 1.54) is 12.8 Å². The summed E-state index contributed by atoms with van der Waals surface area (Å²) in [6, 6.07) is 5.93. The molecule has 0 spiro atoms. The third-order valence-electron chi connectivity index (χ3n) is 8.41. The fourth-order valence-corrected chi connectivity index (χ4v) is 6.13. The van der Waals surface area contributed by atoms with Crippen molar-refractivity contribution < 1.29 is 14.3 Å². The van der Waals surface area contributed by atoms with Gasteiger partial charge in [-0.1, -0.05) is 25.8 Å². The zero-order valence-corrected chi connectivity index (χ0v) is 23.1. The number of hydrogen-bond donors (Lipinski definition) is 1. The lowest BCUT2D eigenvalue weighted by Crippen LogP contribution is -2.55. The van der Waals surface area contributed by atoms with Crippen molar-refractivity contribution in [2.75, 3.05) is 44.1 Å². The predicted molar refractivity (Wildman–Crippen MR) is 148 cm³/mol. The van der Waals surface area contributed by atoms with Gasteiger partial charge in [0.25, 0.3) is 5.91 Å². The van der Waals surface area contributed by atoms with Gasteiger partial charge >= 0.3 is 0 Å². The lowest BCUT2D eigenvalue weighted by Gasteiger charge is -2.43. The normalized spacial score (nSPS) is 21.1. The molecule has 0 radical (unpaired) electrons. The van der Waals surface area contributed by atoms with Crippen LogP contribution < -0.4 is 19.9 Å². The van der Waals surface area contributed by atoms with Gasteiger partial charge in [-0.3, -0.25) is 9.59 Å². The maximum absolute atomic E-state index is 13.2. The van der Waals surface area contributed by atoms with Gasteiger partial charge in [-0.15, -0.1) is 0 Å². The average molecular weight is 521 g/mol. The second-order valence-corrected chi connectivity index (χ2v) is 10.9. The molecule has 2 amide bonds. The third-order valence-corrected chi connectivity index (χ3v) is 8.41. The Morgan fingerprint density at radius 3 is 2.55 bits per heavy atom. The van der Waals surface area contributed by atoms with Crippen LogP contribution in [0.25, 0.3) is 0 Å². The molecule has 38 heavy (non-hydrogen) atoms. The van der Waals surface area contributed by atoms with Crippen LogP contribution in [0.4, 0.5) is 11.5 Å². The summed E-state index contributed by atoms with van der Waals surface area (Å²) in [7, 11) is 5.55. The van der Waals surface area contributed by atoms with Crippen molar-refractivity contribution in [2.24, 2.45) is 0 Å². The molecule has 9 nitrogen and oxygen atoms in total. The Kier molecular flexibility index (Phi) is 7.83. The van der Waals surface area contributed by atoms with Crippen LogP contribution in [0.1, 0.15) is 73.6 Å². The quantitative estimate of drug-likeness (QED) is 0.598. The summed E-state index contributed by atoms with van der Waals surface area (Å²) in [5.74, 6) is 2.21. The summed E-state index contributed by atoms with van der Waals surface area (Å²) in [5, 5.41) is 3.18. The summed E-state index contributed by atoms with van der Waals surface area (Å²) in [5.41, 5.74) is 2.28. The van der Waals surface area contributed by atoms with Crippen molar-refractivity contribution in [1.82, 2.24) is 20.2 Å². The number of benzene rings is 1. The highest BCUT2D eigenvalue weighted by Crippen LogP contribution is 2.39. The molecular formula is C29H40N6O3. The van der Waals surface area contributed by atoms with Crippen LogP contribution in [0.15, 0.2) is 24.4 Å². The Morgan fingerprint density at radius 2 is 1.87 bits per heavy atom. The number of methoxy groups -OCH3 is 1. The van der Waals surface area contributed by atoms with Gasteiger partial charge in [-0.05, 0) is 64.4 Å². The number of amides is 2. The number of fused-ring (bicyclic) bond motifs is 1. The van der Waals surface area contributed by atoms with Gasteiger partial charge in [0.1, 0.15) is 23.3 Å². The van der Waals surface area contributed by atoms with Gasteiger partial charge in [0.05, 0.1) is 13.3 Å². The molecule has 1 aromatic heterocycles. The molecule has 204 valence electrons. The maximum Gasteiger partial charge on any atom is 0.251 e. The summed E-state index contributed by atoms with van der Waals surface area (Å²) in [6.07, 6.45) is 9.46. The molecule has 1 N–H and O–H groups in total. The molecular weight excluding hydrogens is 480 g/mol. The number of hydrogen-bond acceptors (Lipinski definition) is 7. The summed E-state index contributed by atoms with van der Waals surface area (Å²) in [6.45, 7) is 4.06. The van der Waals surface area contributed by atoms with Crippen molar-refractivity contribution in [3.05, 3.63) is 41.3 Å². The van der Waals surface area contributed by atoms with E-state index >= 15 is 0 Å². The zero-order valence-electron chi connectivity index (χ0n) is 23.1. The highest BCUT2D eigenvalue weighted by molar-refractivity contribution is 6.04. The first kappa shape index (κ1) is 26.4. The van der Waals surface area contributed by atoms with Crippen LogP contribution in [-0.4, -0.2) is 79.1 Å². The number of piperidine rings is 1. The number of carbonyl (C=O) groups excluding carboxylic acids is 2. The fourth-order valence-electron chi connectivity index (χ4n) is 6.13. The SMILES string of the molecule is CC[C@H]1C(=O)N(C)c2cnc(Cc3ccc(C(=O)NC4CCN(C)CC4)cc3OC)nc2N1C1CCCC1. The van der Waals surface area contributed by atoms with Crippen LogP contribution in [-0.2, 0) is 11.2 Å². The number of ether oxygens (including phenoxy) is 1. The zero-order chi connectivity index (χ0) is 26.8. The number of nitrogens with one attached hydrogen (secondary N) is 1. The Balaban J connectivity index is 1.38. The minimum Gasteiger partial charge on any atom is -0.496 e. The molecule has 2 aromatic rings. The van der Waals surface area contributed by atoms with Crippen molar-refractivity contribution in [3.8, 4) is 5.75 Å². The Bertz CT molecular complexity index is 1170. The van der Waals surface area contributed by atoms with E-state index in [-0.39, 0.29) is 23.9 Å². The van der Waals surface area contributed by atoms with Gasteiger partial charge in [0.2, 0.25) is 5.91 Å². The van der Waals surface area contributed by atoms with E-state index in [9.17, 15) is 9.59 Å². The molecule has 3 heterocycles. The van der Waals surface area contributed by atoms with E-state index in [0.29, 0.717) is 29.6 Å². The van der Waals surface area contributed by atoms with E-state index < -0.39 is 0 Å². The van der Waals surface area contributed by atoms with E-state index in [0.717, 1.165) is 62.3 Å². The largest absolute Gasteiger partial charge is 0.496 e. The van der Waals surface area contributed by atoms with Crippen LogP contribution in [0, 0.1) is 0 Å². The van der Waals surface area contributed by atoms with E-state index in [1.54, 1.807) is 18.2 Å². The van der Waals surface area contributed by atoms with Crippen molar-refractivity contribution >= 4 is 23.3 Å². The van der Waals surface area contributed by atoms with Gasteiger partial charge < -0.3 is 24.8 Å². The lowest BCUT2D eigenvalue weighted by atomic mass is 10.0. The molecule has 1 saturated carbocycles. The number of likely N-dealkylation sites (tertiary alicyclic amines) is 1. The molecule has 5 rings (SSSR count). The summed E-state index contributed by atoms with van der Waals surface area (Å²) < 4.78 is 5.69. The average Bonchev–Trinajstić information content (AvgIpc) is 3.46. The third kappa shape index (κ3) is 5.21. The number of aromatic nitrogens is 2. The molecule has 1 saturated heterocycles. The maximum atomic E-state index is 13.2. The van der Waals surface area contributed by atoms with Gasteiger partial charge in [-0.25, -0.2) is 9.97 Å². The molecule has 0 unspecified atom stereocenters. The molecule has 1 aromatic carbocycles. The Labute approximate surface area is 225 Å². The molecule has 2 aliphatic heterocycles. The smallest absolute Gasteiger partial charge is 0.251 e. The molecule has 2 fully saturated rings. The Hall–Kier alpha value is -3.20. The minimum absolute atomic E-state index is 0.0695.